The fourth-order valence-electron chi connectivity index (χ4n) is 2.01. The zero-order valence-electron chi connectivity index (χ0n) is 11.8. The van der Waals surface area contributed by atoms with Gasteiger partial charge in [-0.1, -0.05) is 12.1 Å². The number of carbonyl (C=O) groups is 1. The third-order valence-electron chi connectivity index (χ3n) is 3.05. The summed E-state index contributed by atoms with van der Waals surface area (Å²) in [6.45, 7) is 4.33. The van der Waals surface area contributed by atoms with Gasteiger partial charge in [0, 0.05) is 6.42 Å². The lowest BCUT2D eigenvalue weighted by Gasteiger charge is -2.16. The van der Waals surface area contributed by atoms with Crippen molar-refractivity contribution in [3.05, 3.63) is 29.8 Å². The molecule has 5 nitrogen and oxygen atoms in total. The van der Waals surface area contributed by atoms with E-state index in [-0.39, 0.29) is 24.4 Å². The predicted molar refractivity (Wildman–Crippen MR) is 72.3 cm³/mol. The zero-order chi connectivity index (χ0) is 14.6. The number of phenolic OH excluding ortho intramolecular Hbond substituents is 1. The highest BCUT2D eigenvalue weighted by molar-refractivity contribution is 5.69. The first-order valence-electron chi connectivity index (χ1n) is 6.70. The Kier molecular flexibility index (Phi) is 4.62. The van der Waals surface area contributed by atoms with Gasteiger partial charge in [-0.15, -0.1) is 0 Å². The highest BCUT2D eigenvalue weighted by Crippen LogP contribution is 2.22. The molecule has 1 aromatic rings. The van der Waals surface area contributed by atoms with Crippen molar-refractivity contribution >= 4 is 5.97 Å². The number of carbonyl (C=O) groups excluding carboxylic acids is 1. The molecule has 0 bridgehead atoms. The summed E-state index contributed by atoms with van der Waals surface area (Å²) in [5.41, 5.74) is 0.987. The quantitative estimate of drug-likeness (QED) is 0.836. The summed E-state index contributed by atoms with van der Waals surface area (Å²) in [4.78, 5) is 11.6. The molecule has 1 N–H and O–H groups in total. The number of rotatable bonds is 5. The molecule has 1 aromatic carbocycles. The SMILES string of the molecule is CC1(C)OCC(COC(=O)CCc2ccc(O)cc2)O1. The van der Waals surface area contributed by atoms with Gasteiger partial charge in [-0.2, -0.15) is 0 Å². The fraction of sp³-hybridized carbons (Fsp3) is 0.533. The molecule has 1 saturated heterocycles. The highest BCUT2D eigenvalue weighted by Gasteiger charge is 2.33. The van der Waals surface area contributed by atoms with Crippen LogP contribution in [0.3, 0.4) is 0 Å². The van der Waals surface area contributed by atoms with Gasteiger partial charge in [-0.05, 0) is 38.0 Å². The van der Waals surface area contributed by atoms with Gasteiger partial charge in [0.25, 0.3) is 0 Å². The van der Waals surface area contributed by atoms with Gasteiger partial charge in [0.05, 0.1) is 6.61 Å². The number of aryl methyl sites for hydroxylation is 1. The van der Waals surface area contributed by atoms with E-state index in [4.69, 9.17) is 19.3 Å². The van der Waals surface area contributed by atoms with Crippen LogP contribution in [0, 0.1) is 0 Å². The molecule has 110 valence electrons. The van der Waals surface area contributed by atoms with E-state index >= 15 is 0 Å². The van der Waals surface area contributed by atoms with Crippen molar-refractivity contribution in [1.29, 1.82) is 0 Å². The summed E-state index contributed by atoms with van der Waals surface area (Å²) in [6, 6.07) is 6.79. The minimum absolute atomic E-state index is 0.192. The Morgan fingerprint density at radius 3 is 2.70 bits per heavy atom. The molecule has 1 atom stereocenters. The van der Waals surface area contributed by atoms with E-state index < -0.39 is 5.79 Å². The second kappa shape index (κ2) is 6.24. The van der Waals surface area contributed by atoms with Gasteiger partial charge >= 0.3 is 5.97 Å². The van der Waals surface area contributed by atoms with E-state index in [1.54, 1.807) is 24.3 Å². The van der Waals surface area contributed by atoms with Crippen LogP contribution in [0.4, 0.5) is 0 Å². The molecule has 0 aliphatic carbocycles. The van der Waals surface area contributed by atoms with Crippen LogP contribution < -0.4 is 0 Å². The van der Waals surface area contributed by atoms with Crippen molar-refractivity contribution in [1.82, 2.24) is 0 Å². The largest absolute Gasteiger partial charge is 0.508 e. The smallest absolute Gasteiger partial charge is 0.306 e. The van der Waals surface area contributed by atoms with Crippen LogP contribution in [0.25, 0.3) is 0 Å². The minimum atomic E-state index is -0.594. The average Bonchev–Trinajstić information content (AvgIpc) is 2.75. The molecule has 0 amide bonds. The van der Waals surface area contributed by atoms with Crippen molar-refractivity contribution in [2.24, 2.45) is 0 Å². The highest BCUT2D eigenvalue weighted by atomic mass is 16.7. The van der Waals surface area contributed by atoms with Crippen LogP contribution in [0.1, 0.15) is 25.8 Å². The maximum Gasteiger partial charge on any atom is 0.306 e. The van der Waals surface area contributed by atoms with Gasteiger partial charge in [0.2, 0.25) is 0 Å². The number of hydrogen-bond acceptors (Lipinski definition) is 5. The summed E-state index contributed by atoms with van der Waals surface area (Å²) < 4.78 is 16.1. The van der Waals surface area contributed by atoms with E-state index in [0.29, 0.717) is 19.4 Å². The Morgan fingerprint density at radius 2 is 2.10 bits per heavy atom. The molecule has 1 aliphatic heterocycles. The number of esters is 1. The lowest BCUT2D eigenvalue weighted by atomic mass is 10.1. The molecule has 0 spiro atoms. The molecular formula is C15H20O5. The van der Waals surface area contributed by atoms with Crippen LogP contribution in [0.5, 0.6) is 5.75 Å². The second-order valence-corrected chi connectivity index (χ2v) is 5.30. The fourth-order valence-corrected chi connectivity index (χ4v) is 2.01. The molecular weight excluding hydrogens is 260 g/mol. The first kappa shape index (κ1) is 14.8. The van der Waals surface area contributed by atoms with Crippen molar-refractivity contribution < 1.29 is 24.1 Å². The van der Waals surface area contributed by atoms with Crippen LogP contribution in [-0.2, 0) is 25.4 Å². The first-order valence-corrected chi connectivity index (χ1v) is 6.70. The topological polar surface area (TPSA) is 65.0 Å². The van der Waals surface area contributed by atoms with E-state index in [1.807, 2.05) is 13.8 Å². The molecule has 0 saturated carbocycles. The summed E-state index contributed by atoms with van der Waals surface area (Å²) in [7, 11) is 0. The number of phenols is 1. The normalized spacial score (nSPS) is 20.8. The van der Waals surface area contributed by atoms with Crippen molar-refractivity contribution in [3.63, 3.8) is 0 Å². The Bertz CT molecular complexity index is 452. The molecule has 1 fully saturated rings. The molecule has 5 heteroatoms. The number of aromatic hydroxyl groups is 1. The molecule has 20 heavy (non-hydrogen) atoms. The first-order chi connectivity index (χ1) is 9.44. The number of hydrogen-bond donors (Lipinski definition) is 1. The predicted octanol–water partition coefficient (Wildman–Crippen LogP) is 2.02. The van der Waals surface area contributed by atoms with Gasteiger partial charge in [-0.25, -0.2) is 0 Å². The summed E-state index contributed by atoms with van der Waals surface area (Å²) >= 11 is 0. The van der Waals surface area contributed by atoms with E-state index in [9.17, 15) is 4.79 Å². The third kappa shape index (κ3) is 4.51. The van der Waals surface area contributed by atoms with Crippen molar-refractivity contribution in [2.45, 2.75) is 38.6 Å². The van der Waals surface area contributed by atoms with Gasteiger partial charge < -0.3 is 19.3 Å². The lowest BCUT2D eigenvalue weighted by Crippen LogP contribution is -2.25. The lowest BCUT2D eigenvalue weighted by molar-refractivity contribution is -0.158. The molecule has 1 heterocycles. The molecule has 1 unspecified atom stereocenters. The Hall–Kier alpha value is -1.59. The Balaban J connectivity index is 1.67. The standard InChI is InChI=1S/C15H20O5/c1-15(2)19-10-13(20-15)9-18-14(17)8-5-11-3-6-12(16)7-4-11/h3-4,6-7,13,16H,5,8-10H2,1-2H3. The molecule has 0 aromatic heterocycles. The van der Waals surface area contributed by atoms with Crippen LogP contribution in [0.15, 0.2) is 24.3 Å². The van der Waals surface area contributed by atoms with Gasteiger partial charge in [0.1, 0.15) is 18.5 Å². The summed E-state index contributed by atoms with van der Waals surface area (Å²) in [6.07, 6.45) is 0.705. The van der Waals surface area contributed by atoms with Crippen molar-refractivity contribution in [3.8, 4) is 5.75 Å². The Morgan fingerprint density at radius 1 is 1.40 bits per heavy atom. The number of ether oxygens (including phenoxy) is 3. The third-order valence-corrected chi connectivity index (χ3v) is 3.05. The number of benzene rings is 1. The van der Waals surface area contributed by atoms with Gasteiger partial charge in [0.15, 0.2) is 5.79 Å². The second-order valence-electron chi connectivity index (χ2n) is 5.30. The maximum absolute atomic E-state index is 11.6. The van der Waals surface area contributed by atoms with Crippen LogP contribution in [-0.4, -0.2) is 36.2 Å². The molecule has 2 rings (SSSR count). The maximum atomic E-state index is 11.6. The molecule has 0 radical (unpaired) electrons. The average molecular weight is 280 g/mol. The van der Waals surface area contributed by atoms with E-state index in [0.717, 1.165) is 5.56 Å². The summed E-state index contributed by atoms with van der Waals surface area (Å²) in [5.74, 6) is -0.632. The van der Waals surface area contributed by atoms with E-state index in [1.165, 1.54) is 0 Å². The van der Waals surface area contributed by atoms with E-state index in [2.05, 4.69) is 0 Å². The summed E-state index contributed by atoms with van der Waals surface area (Å²) in [5, 5.41) is 9.16. The van der Waals surface area contributed by atoms with Crippen LogP contribution in [0.2, 0.25) is 0 Å². The Labute approximate surface area is 118 Å². The van der Waals surface area contributed by atoms with Gasteiger partial charge in [-0.3, -0.25) is 4.79 Å². The monoisotopic (exact) mass is 280 g/mol. The zero-order valence-corrected chi connectivity index (χ0v) is 11.8. The van der Waals surface area contributed by atoms with Crippen LogP contribution >= 0.6 is 0 Å². The molecule has 1 aliphatic rings. The van der Waals surface area contributed by atoms with Crippen molar-refractivity contribution in [2.75, 3.05) is 13.2 Å². The minimum Gasteiger partial charge on any atom is -0.508 e.